The van der Waals surface area contributed by atoms with E-state index in [1.165, 1.54) is 6.07 Å². The summed E-state index contributed by atoms with van der Waals surface area (Å²) < 4.78 is 38.5. The van der Waals surface area contributed by atoms with E-state index in [-0.39, 0.29) is 48.4 Å². The molecule has 1 aliphatic heterocycles. The molecule has 0 spiro atoms. The first-order chi connectivity index (χ1) is 13.4. The number of aliphatic imine (C=N–C) groups is 1. The molecule has 9 heteroatoms. The van der Waals surface area contributed by atoms with E-state index in [0.29, 0.717) is 18.1 Å². The fourth-order valence-electron chi connectivity index (χ4n) is 3.94. The third-order valence-corrected chi connectivity index (χ3v) is 5.48. The van der Waals surface area contributed by atoms with Crippen molar-refractivity contribution in [2.75, 3.05) is 20.1 Å². The molecule has 2 aliphatic rings. The third-order valence-electron chi connectivity index (χ3n) is 5.48. The number of rotatable bonds is 4. The highest BCUT2D eigenvalue weighted by Gasteiger charge is 2.33. The summed E-state index contributed by atoms with van der Waals surface area (Å²) in [6.45, 7) is 1.61. The van der Waals surface area contributed by atoms with E-state index in [4.69, 9.17) is 0 Å². The number of carbonyl (C=O) groups is 1. The van der Waals surface area contributed by atoms with Crippen molar-refractivity contribution in [1.82, 2.24) is 15.5 Å². The standard InChI is InChI=1S/C20H27F3N4O.HI/c1-24-19(25-12-14-5-4-8-16(11-14)20(21,22)23)26-17-9-10-27(13-17)18(28)15-6-2-3-7-15;/h4-5,8,11,15,17H,2-3,6-7,9-10,12-13H2,1H3,(H2,24,25,26);1H. The van der Waals surface area contributed by atoms with Crippen LogP contribution in [0.2, 0.25) is 0 Å². The lowest BCUT2D eigenvalue weighted by Gasteiger charge is -2.21. The second kappa shape index (κ2) is 10.5. The van der Waals surface area contributed by atoms with Gasteiger partial charge >= 0.3 is 6.18 Å². The molecule has 2 fully saturated rings. The molecule has 1 aromatic rings. The Morgan fingerprint density at radius 3 is 2.62 bits per heavy atom. The van der Waals surface area contributed by atoms with E-state index in [1.807, 2.05) is 4.90 Å². The zero-order valence-corrected chi connectivity index (χ0v) is 18.8. The lowest BCUT2D eigenvalue weighted by atomic mass is 10.1. The Morgan fingerprint density at radius 1 is 1.24 bits per heavy atom. The lowest BCUT2D eigenvalue weighted by molar-refractivity contribution is -0.137. The Morgan fingerprint density at radius 2 is 1.97 bits per heavy atom. The Hall–Kier alpha value is -1.52. The second-order valence-electron chi connectivity index (χ2n) is 7.52. The smallest absolute Gasteiger partial charge is 0.352 e. The highest BCUT2D eigenvalue weighted by Crippen LogP contribution is 2.29. The average molecular weight is 524 g/mol. The quantitative estimate of drug-likeness (QED) is 0.358. The van der Waals surface area contributed by atoms with Crippen LogP contribution < -0.4 is 10.6 Å². The molecule has 3 rings (SSSR count). The van der Waals surface area contributed by atoms with Crippen LogP contribution in [-0.4, -0.2) is 42.9 Å². The first kappa shape index (κ1) is 23.8. The van der Waals surface area contributed by atoms with Gasteiger partial charge in [0.15, 0.2) is 5.96 Å². The van der Waals surface area contributed by atoms with E-state index >= 15 is 0 Å². The normalized spacial score (nSPS) is 20.5. The summed E-state index contributed by atoms with van der Waals surface area (Å²) in [5.74, 6) is 0.961. The molecule has 162 valence electrons. The summed E-state index contributed by atoms with van der Waals surface area (Å²) in [7, 11) is 1.62. The summed E-state index contributed by atoms with van der Waals surface area (Å²) in [6.07, 6.45) is 0.745. The van der Waals surface area contributed by atoms with Crippen LogP contribution in [0, 0.1) is 5.92 Å². The lowest BCUT2D eigenvalue weighted by Crippen LogP contribution is -2.45. The number of amides is 1. The molecule has 0 bridgehead atoms. The van der Waals surface area contributed by atoms with Crippen LogP contribution in [0.15, 0.2) is 29.3 Å². The zero-order chi connectivity index (χ0) is 20.1. The summed E-state index contributed by atoms with van der Waals surface area (Å²) in [6, 6.07) is 5.34. The van der Waals surface area contributed by atoms with Crippen LogP contribution in [0.25, 0.3) is 0 Å². The maximum atomic E-state index is 12.8. The number of hydrogen-bond acceptors (Lipinski definition) is 2. The number of nitrogens with one attached hydrogen (secondary N) is 2. The molecule has 1 amide bonds. The summed E-state index contributed by atoms with van der Waals surface area (Å²) in [4.78, 5) is 18.6. The summed E-state index contributed by atoms with van der Waals surface area (Å²) in [5, 5.41) is 6.34. The Balaban J connectivity index is 0.00000300. The van der Waals surface area contributed by atoms with Crippen molar-refractivity contribution in [2.45, 2.75) is 50.9 Å². The van der Waals surface area contributed by atoms with Crippen molar-refractivity contribution in [3.05, 3.63) is 35.4 Å². The topological polar surface area (TPSA) is 56.7 Å². The minimum Gasteiger partial charge on any atom is -0.352 e. The molecule has 29 heavy (non-hydrogen) atoms. The van der Waals surface area contributed by atoms with Gasteiger partial charge in [-0.05, 0) is 37.0 Å². The third kappa shape index (κ3) is 6.48. The molecule has 1 saturated carbocycles. The first-order valence-electron chi connectivity index (χ1n) is 9.79. The van der Waals surface area contributed by atoms with Gasteiger partial charge in [0.1, 0.15) is 0 Å². The number of halogens is 4. The molecule has 1 saturated heterocycles. The molecule has 1 unspecified atom stereocenters. The van der Waals surface area contributed by atoms with Crippen LogP contribution in [0.3, 0.4) is 0 Å². The van der Waals surface area contributed by atoms with Crippen LogP contribution in [0.5, 0.6) is 0 Å². The predicted octanol–water partition coefficient (Wildman–Crippen LogP) is 3.78. The van der Waals surface area contributed by atoms with E-state index in [0.717, 1.165) is 50.8 Å². The van der Waals surface area contributed by atoms with Crippen LogP contribution in [0.1, 0.15) is 43.2 Å². The van der Waals surface area contributed by atoms with Crippen molar-refractivity contribution in [3.8, 4) is 0 Å². The zero-order valence-electron chi connectivity index (χ0n) is 16.5. The number of likely N-dealkylation sites (tertiary alicyclic amines) is 1. The molecule has 1 aromatic carbocycles. The molecule has 5 nitrogen and oxygen atoms in total. The first-order valence-corrected chi connectivity index (χ1v) is 9.79. The Labute approximate surface area is 186 Å². The summed E-state index contributed by atoms with van der Waals surface area (Å²) in [5.41, 5.74) is -0.131. The Bertz CT molecular complexity index is 720. The minimum atomic E-state index is -4.35. The number of nitrogens with zero attached hydrogens (tertiary/aromatic N) is 2. The molecule has 1 atom stereocenters. The monoisotopic (exact) mass is 524 g/mol. The van der Waals surface area contributed by atoms with Crippen LogP contribution in [0.4, 0.5) is 13.2 Å². The molecular weight excluding hydrogens is 496 g/mol. The minimum absolute atomic E-state index is 0. The second-order valence-corrected chi connectivity index (χ2v) is 7.52. The highest BCUT2D eigenvalue weighted by molar-refractivity contribution is 14.0. The van der Waals surface area contributed by atoms with Gasteiger partial charge in [-0.15, -0.1) is 24.0 Å². The van der Waals surface area contributed by atoms with Gasteiger partial charge in [0, 0.05) is 38.6 Å². The van der Waals surface area contributed by atoms with E-state index in [9.17, 15) is 18.0 Å². The Kier molecular flexibility index (Phi) is 8.59. The van der Waals surface area contributed by atoms with Gasteiger partial charge in [-0.25, -0.2) is 0 Å². The molecule has 1 aliphatic carbocycles. The van der Waals surface area contributed by atoms with Gasteiger partial charge in [0.25, 0.3) is 0 Å². The largest absolute Gasteiger partial charge is 0.416 e. The van der Waals surface area contributed by atoms with Crippen LogP contribution >= 0.6 is 24.0 Å². The maximum Gasteiger partial charge on any atom is 0.416 e. The maximum absolute atomic E-state index is 12.8. The van der Waals surface area contributed by atoms with Crippen molar-refractivity contribution < 1.29 is 18.0 Å². The molecule has 2 N–H and O–H groups in total. The van der Waals surface area contributed by atoms with Gasteiger partial charge in [-0.2, -0.15) is 13.2 Å². The van der Waals surface area contributed by atoms with Crippen LogP contribution in [-0.2, 0) is 17.5 Å². The SMILES string of the molecule is CN=C(NCc1cccc(C(F)(F)F)c1)NC1CCN(C(=O)C2CCCC2)C1.I. The van der Waals surface area contributed by atoms with Crippen molar-refractivity contribution in [3.63, 3.8) is 0 Å². The van der Waals surface area contributed by atoms with Gasteiger partial charge in [-0.3, -0.25) is 9.79 Å². The van der Waals surface area contributed by atoms with E-state index in [1.54, 1.807) is 13.1 Å². The van der Waals surface area contributed by atoms with E-state index in [2.05, 4.69) is 15.6 Å². The van der Waals surface area contributed by atoms with Gasteiger partial charge < -0.3 is 15.5 Å². The van der Waals surface area contributed by atoms with Crippen molar-refractivity contribution >= 4 is 35.8 Å². The molecule has 0 radical (unpaired) electrons. The van der Waals surface area contributed by atoms with Gasteiger partial charge in [-0.1, -0.05) is 25.0 Å². The molecule has 1 heterocycles. The van der Waals surface area contributed by atoms with Gasteiger partial charge in [0.05, 0.1) is 5.56 Å². The number of carbonyl (C=O) groups excluding carboxylic acids is 1. The fourth-order valence-corrected chi connectivity index (χ4v) is 3.94. The number of alkyl halides is 3. The van der Waals surface area contributed by atoms with Crippen molar-refractivity contribution in [1.29, 1.82) is 0 Å². The number of guanidine groups is 1. The predicted molar refractivity (Wildman–Crippen MR) is 117 cm³/mol. The number of hydrogen-bond donors (Lipinski definition) is 2. The number of benzene rings is 1. The van der Waals surface area contributed by atoms with E-state index < -0.39 is 11.7 Å². The summed E-state index contributed by atoms with van der Waals surface area (Å²) >= 11 is 0. The van der Waals surface area contributed by atoms with Gasteiger partial charge in [0.2, 0.25) is 5.91 Å². The molecular formula is C20H28F3IN4O. The van der Waals surface area contributed by atoms with Crippen molar-refractivity contribution in [2.24, 2.45) is 10.9 Å². The fraction of sp³-hybridized carbons (Fsp3) is 0.600. The highest BCUT2D eigenvalue weighted by atomic mass is 127. The molecule has 0 aromatic heterocycles. The average Bonchev–Trinajstić information content (AvgIpc) is 3.36.